The molecule has 0 spiro atoms. The average molecular weight is 333 g/mol. The second kappa shape index (κ2) is 7.79. The Morgan fingerprint density at radius 3 is 2.20 bits per heavy atom. The molecule has 2 aromatic carbocycles. The van der Waals surface area contributed by atoms with Crippen molar-refractivity contribution < 1.29 is 4.79 Å². The van der Waals surface area contributed by atoms with Gasteiger partial charge in [-0.25, -0.2) is 4.98 Å². The molecule has 4 nitrogen and oxygen atoms in total. The topological polar surface area (TPSA) is 46.9 Å². The van der Waals surface area contributed by atoms with Crippen molar-refractivity contribution in [1.29, 1.82) is 0 Å². The van der Waals surface area contributed by atoms with Gasteiger partial charge < -0.3 is 9.88 Å². The monoisotopic (exact) mass is 333 g/mol. The van der Waals surface area contributed by atoms with Crippen LogP contribution in [0, 0.1) is 0 Å². The Bertz CT molecular complexity index is 811. The second-order valence-corrected chi connectivity index (χ2v) is 6.32. The van der Waals surface area contributed by atoms with Crippen LogP contribution in [-0.4, -0.2) is 15.5 Å². The highest BCUT2D eigenvalue weighted by atomic mass is 16.1. The minimum Gasteiger partial charge on any atom is -0.342 e. The summed E-state index contributed by atoms with van der Waals surface area (Å²) in [5.74, 6) is 1.01. The Balaban J connectivity index is 1.76. The number of nitrogens with zero attached hydrogens (tertiary/aromatic N) is 2. The summed E-state index contributed by atoms with van der Waals surface area (Å²) in [6.45, 7) is 2.08. The van der Waals surface area contributed by atoms with Gasteiger partial charge >= 0.3 is 0 Å². The predicted octanol–water partition coefficient (Wildman–Crippen LogP) is 3.82. The summed E-state index contributed by atoms with van der Waals surface area (Å²) in [6, 6.07) is 19.8. The van der Waals surface area contributed by atoms with E-state index in [-0.39, 0.29) is 17.9 Å². The third-order valence-corrected chi connectivity index (χ3v) is 4.42. The highest BCUT2D eigenvalue weighted by Gasteiger charge is 2.21. The standard InChI is InChI=1S/C21H23N3O/c1-16(17-9-5-3-6-10-17)15-19(25)23-20(18-11-7-4-8-12-18)21-22-13-14-24(21)2/h3-14,16,20H,15H2,1-2H3,(H,23,25). The van der Waals surface area contributed by atoms with Crippen LogP contribution in [0.3, 0.4) is 0 Å². The molecular weight excluding hydrogens is 310 g/mol. The third kappa shape index (κ3) is 4.15. The molecule has 0 aliphatic carbocycles. The number of carbonyl (C=O) groups excluding carboxylic acids is 1. The minimum absolute atomic E-state index is 0.0215. The number of amides is 1. The first kappa shape index (κ1) is 17.0. The highest BCUT2D eigenvalue weighted by Crippen LogP contribution is 2.22. The molecule has 128 valence electrons. The van der Waals surface area contributed by atoms with Crippen LogP contribution < -0.4 is 5.32 Å². The number of hydrogen-bond acceptors (Lipinski definition) is 2. The molecule has 1 heterocycles. The number of aromatic nitrogens is 2. The highest BCUT2D eigenvalue weighted by molar-refractivity contribution is 5.77. The van der Waals surface area contributed by atoms with Gasteiger partial charge in [-0.05, 0) is 17.0 Å². The number of aryl methyl sites for hydroxylation is 1. The molecule has 0 radical (unpaired) electrons. The van der Waals surface area contributed by atoms with Gasteiger partial charge in [0.1, 0.15) is 11.9 Å². The summed E-state index contributed by atoms with van der Waals surface area (Å²) in [5, 5.41) is 3.15. The van der Waals surface area contributed by atoms with Gasteiger partial charge in [-0.15, -0.1) is 0 Å². The van der Waals surface area contributed by atoms with Crippen molar-refractivity contribution in [1.82, 2.24) is 14.9 Å². The van der Waals surface area contributed by atoms with Crippen LogP contribution in [0.5, 0.6) is 0 Å². The van der Waals surface area contributed by atoms with Crippen LogP contribution in [0.25, 0.3) is 0 Å². The molecule has 2 atom stereocenters. The molecule has 2 unspecified atom stereocenters. The fraction of sp³-hybridized carbons (Fsp3) is 0.238. The first-order valence-electron chi connectivity index (χ1n) is 8.51. The molecule has 1 amide bonds. The largest absolute Gasteiger partial charge is 0.342 e. The molecule has 0 aliphatic rings. The van der Waals surface area contributed by atoms with E-state index in [1.165, 1.54) is 5.56 Å². The maximum atomic E-state index is 12.7. The van der Waals surface area contributed by atoms with Crippen LogP contribution in [0.4, 0.5) is 0 Å². The minimum atomic E-state index is -0.253. The summed E-state index contributed by atoms with van der Waals surface area (Å²) < 4.78 is 1.94. The van der Waals surface area contributed by atoms with E-state index in [9.17, 15) is 4.79 Å². The zero-order valence-electron chi connectivity index (χ0n) is 14.6. The Kier molecular flexibility index (Phi) is 5.29. The van der Waals surface area contributed by atoms with Crippen LogP contribution in [0.15, 0.2) is 73.1 Å². The molecule has 3 rings (SSSR count). The van der Waals surface area contributed by atoms with Crippen molar-refractivity contribution in [2.24, 2.45) is 7.05 Å². The Labute approximate surface area is 148 Å². The van der Waals surface area contributed by atoms with Gasteiger partial charge in [0.2, 0.25) is 5.91 Å². The van der Waals surface area contributed by atoms with Crippen LogP contribution in [0.2, 0.25) is 0 Å². The van der Waals surface area contributed by atoms with E-state index < -0.39 is 0 Å². The van der Waals surface area contributed by atoms with Crippen molar-refractivity contribution in [3.8, 4) is 0 Å². The molecule has 1 N–H and O–H groups in total. The fourth-order valence-electron chi connectivity index (χ4n) is 3.00. The number of carbonyl (C=O) groups is 1. The lowest BCUT2D eigenvalue weighted by Gasteiger charge is -2.20. The van der Waals surface area contributed by atoms with Crippen molar-refractivity contribution in [3.63, 3.8) is 0 Å². The molecule has 0 aliphatic heterocycles. The number of imidazole rings is 1. The molecule has 1 aromatic heterocycles. The van der Waals surface area contributed by atoms with Crippen LogP contribution in [-0.2, 0) is 11.8 Å². The molecule has 4 heteroatoms. The molecule has 0 saturated carbocycles. The van der Waals surface area contributed by atoms with Gasteiger partial charge in [0.05, 0.1) is 0 Å². The maximum Gasteiger partial charge on any atom is 0.221 e. The smallest absolute Gasteiger partial charge is 0.221 e. The van der Waals surface area contributed by atoms with Gasteiger partial charge in [0, 0.05) is 25.9 Å². The number of hydrogen-bond donors (Lipinski definition) is 1. The zero-order valence-corrected chi connectivity index (χ0v) is 14.6. The maximum absolute atomic E-state index is 12.7. The summed E-state index contributed by atoms with van der Waals surface area (Å²) in [7, 11) is 1.94. The van der Waals surface area contributed by atoms with Crippen LogP contribution in [0.1, 0.15) is 42.3 Å². The normalized spacial score (nSPS) is 13.2. The van der Waals surface area contributed by atoms with Crippen molar-refractivity contribution in [2.45, 2.75) is 25.3 Å². The molecular formula is C21H23N3O. The molecule has 0 saturated heterocycles. The average Bonchev–Trinajstić information content (AvgIpc) is 3.07. The van der Waals surface area contributed by atoms with E-state index in [0.29, 0.717) is 6.42 Å². The number of nitrogens with one attached hydrogen (secondary N) is 1. The number of rotatable bonds is 6. The van der Waals surface area contributed by atoms with E-state index in [1.807, 2.05) is 66.3 Å². The van der Waals surface area contributed by atoms with Gasteiger partial charge in [0.25, 0.3) is 0 Å². The molecule has 25 heavy (non-hydrogen) atoms. The first-order chi connectivity index (χ1) is 12.1. The van der Waals surface area contributed by atoms with Crippen molar-refractivity contribution in [2.75, 3.05) is 0 Å². The lowest BCUT2D eigenvalue weighted by molar-refractivity contribution is -0.122. The van der Waals surface area contributed by atoms with Crippen molar-refractivity contribution >= 4 is 5.91 Å². The van der Waals surface area contributed by atoms with Gasteiger partial charge in [-0.3, -0.25) is 4.79 Å². The van der Waals surface area contributed by atoms with E-state index >= 15 is 0 Å². The molecule has 0 fully saturated rings. The Morgan fingerprint density at radius 1 is 1.04 bits per heavy atom. The van der Waals surface area contributed by atoms with E-state index in [2.05, 4.69) is 29.4 Å². The third-order valence-electron chi connectivity index (χ3n) is 4.42. The summed E-state index contributed by atoms with van der Waals surface area (Å²) >= 11 is 0. The van der Waals surface area contributed by atoms with E-state index in [4.69, 9.17) is 0 Å². The SMILES string of the molecule is CC(CC(=O)NC(c1ccccc1)c1nccn1C)c1ccccc1. The van der Waals surface area contributed by atoms with Gasteiger partial charge in [-0.1, -0.05) is 67.6 Å². The summed E-state index contributed by atoms with van der Waals surface area (Å²) in [4.78, 5) is 17.1. The van der Waals surface area contributed by atoms with Crippen molar-refractivity contribution in [3.05, 3.63) is 90.0 Å². The zero-order chi connectivity index (χ0) is 17.6. The quantitative estimate of drug-likeness (QED) is 0.745. The molecule has 0 bridgehead atoms. The van der Waals surface area contributed by atoms with Gasteiger partial charge in [-0.2, -0.15) is 0 Å². The fourth-order valence-corrected chi connectivity index (χ4v) is 3.00. The van der Waals surface area contributed by atoms with E-state index in [1.54, 1.807) is 6.20 Å². The first-order valence-corrected chi connectivity index (χ1v) is 8.51. The van der Waals surface area contributed by atoms with E-state index in [0.717, 1.165) is 11.4 Å². The Morgan fingerprint density at radius 2 is 1.64 bits per heavy atom. The molecule has 3 aromatic rings. The summed E-state index contributed by atoms with van der Waals surface area (Å²) in [5.41, 5.74) is 2.20. The lowest BCUT2D eigenvalue weighted by Crippen LogP contribution is -2.31. The van der Waals surface area contributed by atoms with Crippen LogP contribution >= 0.6 is 0 Å². The number of benzene rings is 2. The summed E-state index contributed by atoms with van der Waals surface area (Å²) in [6.07, 6.45) is 4.09. The second-order valence-electron chi connectivity index (χ2n) is 6.32. The Hall–Kier alpha value is -2.88. The lowest BCUT2D eigenvalue weighted by atomic mass is 9.97. The predicted molar refractivity (Wildman–Crippen MR) is 99.1 cm³/mol. The van der Waals surface area contributed by atoms with Gasteiger partial charge in [0.15, 0.2) is 0 Å².